The lowest BCUT2D eigenvalue weighted by atomic mass is 10.1. The molecule has 0 radical (unpaired) electrons. The molecule has 2 aromatic rings. The van der Waals surface area contributed by atoms with E-state index in [1.54, 1.807) is 6.33 Å². The van der Waals surface area contributed by atoms with Gasteiger partial charge >= 0.3 is 0 Å². The van der Waals surface area contributed by atoms with Crippen molar-refractivity contribution in [1.82, 2.24) is 14.5 Å². The third kappa shape index (κ3) is 3.61. The van der Waals surface area contributed by atoms with E-state index in [1.807, 2.05) is 10.6 Å². The average molecular weight is 365 g/mol. The Morgan fingerprint density at radius 1 is 1.20 bits per heavy atom. The zero-order valence-corrected chi connectivity index (χ0v) is 15.1. The summed E-state index contributed by atoms with van der Waals surface area (Å²) in [5.41, 5.74) is 2.54. The Kier molecular flexibility index (Phi) is 5.10. The number of nitrogens with one attached hydrogen (secondary N) is 1. The van der Waals surface area contributed by atoms with Crippen LogP contribution in [0.15, 0.2) is 12.4 Å². The summed E-state index contributed by atoms with van der Waals surface area (Å²) < 4.78 is 7.82. The molecule has 7 heteroatoms. The average Bonchev–Trinajstić information content (AvgIpc) is 3.16. The fraction of sp³-hybridized carbons (Fsp3) is 0.667. The highest BCUT2D eigenvalue weighted by molar-refractivity contribution is 6.30. The van der Waals surface area contributed by atoms with Crippen LogP contribution in [0.3, 0.4) is 0 Å². The van der Waals surface area contributed by atoms with E-state index in [2.05, 4.69) is 15.3 Å². The van der Waals surface area contributed by atoms with Crippen molar-refractivity contribution in [3.63, 3.8) is 0 Å². The molecule has 0 spiro atoms. The molecule has 2 atom stereocenters. The lowest BCUT2D eigenvalue weighted by molar-refractivity contribution is -0.0207. The maximum absolute atomic E-state index is 9.29. The summed E-state index contributed by atoms with van der Waals surface area (Å²) in [5.74, 6) is 0. The normalized spacial score (nSPS) is 25.4. The SMILES string of the molecule is OCC1CCC(n2cnc3c(NC4CCCCCC4)cc(Cl)nc32)O1. The largest absolute Gasteiger partial charge is 0.394 e. The zero-order valence-electron chi connectivity index (χ0n) is 14.3. The molecule has 25 heavy (non-hydrogen) atoms. The molecule has 2 aromatic heterocycles. The van der Waals surface area contributed by atoms with Gasteiger partial charge in [-0.05, 0) is 25.7 Å². The molecule has 1 aliphatic heterocycles. The maximum Gasteiger partial charge on any atom is 0.165 e. The molecule has 2 fully saturated rings. The Bertz CT molecular complexity index is 727. The molecule has 1 saturated heterocycles. The zero-order chi connectivity index (χ0) is 17.2. The summed E-state index contributed by atoms with van der Waals surface area (Å²) in [4.78, 5) is 9.07. The van der Waals surface area contributed by atoms with Gasteiger partial charge in [-0.3, -0.25) is 4.57 Å². The van der Waals surface area contributed by atoms with E-state index in [9.17, 15) is 5.11 Å². The first-order valence-corrected chi connectivity index (χ1v) is 9.68. The topological polar surface area (TPSA) is 72.2 Å². The molecule has 0 aromatic carbocycles. The third-order valence-electron chi connectivity index (χ3n) is 5.31. The van der Waals surface area contributed by atoms with Gasteiger partial charge in [0.25, 0.3) is 0 Å². The van der Waals surface area contributed by atoms with Gasteiger partial charge in [0.1, 0.15) is 16.9 Å². The number of hydrogen-bond acceptors (Lipinski definition) is 5. The van der Waals surface area contributed by atoms with Crippen molar-refractivity contribution in [2.24, 2.45) is 0 Å². The van der Waals surface area contributed by atoms with Crippen LogP contribution >= 0.6 is 11.6 Å². The number of aliphatic hydroxyl groups is 1. The fourth-order valence-electron chi connectivity index (χ4n) is 3.97. The van der Waals surface area contributed by atoms with Crippen molar-refractivity contribution >= 4 is 28.5 Å². The molecule has 3 heterocycles. The molecule has 2 aliphatic rings. The summed E-state index contributed by atoms with van der Waals surface area (Å²) in [6.07, 6.45) is 10.8. The highest BCUT2D eigenvalue weighted by Gasteiger charge is 2.28. The van der Waals surface area contributed by atoms with Gasteiger partial charge in [0.05, 0.1) is 24.7 Å². The van der Waals surface area contributed by atoms with Crippen LogP contribution in [0.4, 0.5) is 5.69 Å². The van der Waals surface area contributed by atoms with Crippen LogP contribution in [0.2, 0.25) is 5.15 Å². The highest BCUT2D eigenvalue weighted by Crippen LogP contribution is 2.33. The van der Waals surface area contributed by atoms with Gasteiger partial charge in [-0.25, -0.2) is 9.97 Å². The maximum atomic E-state index is 9.29. The molecule has 2 N–H and O–H groups in total. The fourth-order valence-corrected chi connectivity index (χ4v) is 4.16. The minimum Gasteiger partial charge on any atom is -0.394 e. The first-order valence-electron chi connectivity index (χ1n) is 9.30. The summed E-state index contributed by atoms with van der Waals surface area (Å²) in [6, 6.07) is 2.34. The van der Waals surface area contributed by atoms with Crippen LogP contribution in [0.5, 0.6) is 0 Å². The Morgan fingerprint density at radius 3 is 2.72 bits per heavy atom. The lowest BCUT2D eigenvalue weighted by Gasteiger charge is -2.18. The van der Waals surface area contributed by atoms with E-state index in [0.717, 1.165) is 29.7 Å². The number of pyridine rings is 1. The summed E-state index contributed by atoms with van der Waals surface area (Å²) >= 11 is 6.29. The number of fused-ring (bicyclic) bond motifs is 1. The minimum absolute atomic E-state index is 0.0474. The number of aromatic nitrogens is 3. The minimum atomic E-state index is -0.140. The predicted molar refractivity (Wildman–Crippen MR) is 97.9 cm³/mol. The van der Waals surface area contributed by atoms with Crippen molar-refractivity contribution in [1.29, 1.82) is 0 Å². The standard InChI is InChI=1S/C18H25ClN4O2/c19-15-9-14(21-12-5-3-1-2-4-6-12)17-18(22-15)23(11-20-17)16-8-7-13(10-24)25-16/h9,11-13,16,24H,1-8,10H2,(H,21,22). The second-order valence-corrected chi connectivity index (χ2v) is 7.51. The molecular weight excluding hydrogens is 340 g/mol. The first kappa shape index (κ1) is 17.1. The second-order valence-electron chi connectivity index (χ2n) is 7.12. The molecule has 136 valence electrons. The second kappa shape index (κ2) is 7.48. The van der Waals surface area contributed by atoms with Crippen LogP contribution in [-0.4, -0.2) is 38.4 Å². The van der Waals surface area contributed by atoms with E-state index in [1.165, 1.54) is 38.5 Å². The quantitative estimate of drug-likeness (QED) is 0.636. The number of halogens is 1. The van der Waals surface area contributed by atoms with Crippen molar-refractivity contribution in [3.05, 3.63) is 17.5 Å². The summed E-state index contributed by atoms with van der Waals surface area (Å²) in [5, 5.41) is 13.4. The van der Waals surface area contributed by atoms with Gasteiger partial charge in [-0.1, -0.05) is 37.3 Å². The van der Waals surface area contributed by atoms with E-state index in [0.29, 0.717) is 11.2 Å². The van der Waals surface area contributed by atoms with Crippen LogP contribution in [0.1, 0.15) is 57.6 Å². The van der Waals surface area contributed by atoms with Crippen LogP contribution in [0.25, 0.3) is 11.2 Å². The number of ether oxygens (including phenoxy) is 1. The summed E-state index contributed by atoms with van der Waals surface area (Å²) in [7, 11) is 0. The highest BCUT2D eigenvalue weighted by atomic mass is 35.5. The van der Waals surface area contributed by atoms with Gasteiger partial charge < -0.3 is 15.2 Å². The molecule has 1 saturated carbocycles. The molecule has 4 rings (SSSR count). The van der Waals surface area contributed by atoms with Gasteiger partial charge in [-0.15, -0.1) is 0 Å². The van der Waals surface area contributed by atoms with Gasteiger partial charge in [0.2, 0.25) is 0 Å². The molecule has 6 nitrogen and oxygen atoms in total. The van der Waals surface area contributed by atoms with Crippen LogP contribution < -0.4 is 5.32 Å². The number of anilines is 1. The Hall–Kier alpha value is -1.37. The van der Waals surface area contributed by atoms with E-state index in [4.69, 9.17) is 16.3 Å². The van der Waals surface area contributed by atoms with E-state index in [-0.39, 0.29) is 18.9 Å². The van der Waals surface area contributed by atoms with Crippen molar-refractivity contribution in [2.45, 2.75) is 69.7 Å². The first-order chi connectivity index (χ1) is 12.2. The predicted octanol–water partition coefficient (Wildman–Crippen LogP) is 3.89. The third-order valence-corrected chi connectivity index (χ3v) is 5.51. The lowest BCUT2D eigenvalue weighted by Crippen LogP contribution is -2.18. The Labute approximate surface area is 152 Å². The molecular formula is C18H25ClN4O2. The number of hydrogen-bond donors (Lipinski definition) is 2. The summed E-state index contributed by atoms with van der Waals surface area (Å²) in [6.45, 7) is 0.0474. The molecule has 0 amide bonds. The number of nitrogens with zero attached hydrogens (tertiary/aromatic N) is 3. The molecule has 0 bridgehead atoms. The Morgan fingerprint density at radius 2 is 2.00 bits per heavy atom. The molecule has 1 aliphatic carbocycles. The Balaban J connectivity index is 1.62. The smallest absolute Gasteiger partial charge is 0.165 e. The van der Waals surface area contributed by atoms with Crippen molar-refractivity contribution < 1.29 is 9.84 Å². The van der Waals surface area contributed by atoms with Crippen LogP contribution in [-0.2, 0) is 4.74 Å². The van der Waals surface area contributed by atoms with Crippen LogP contribution in [0, 0.1) is 0 Å². The van der Waals surface area contributed by atoms with Gasteiger partial charge in [-0.2, -0.15) is 0 Å². The number of imidazole rings is 1. The van der Waals surface area contributed by atoms with Gasteiger partial charge in [0, 0.05) is 12.1 Å². The van der Waals surface area contributed by atoms with Crippen molar-refractivity contribution in [2.75, 3.05) is 11.9 Å². The number of aliphatic hydroxyl groups excluding tert-OH is 1. The van der Waals surface area contributed by atoms with E-state index >= 15 is 0 Å². The van der Waals surface area contributed by atoms with Crippen molar-refractivity contribution in [3.8, 4) is 0 Å². The number of rotatable bonds is 4. The van der Waals surface area contributed by atoms with E-state index < -0.39 is 0 Å². The monoisotopic (exact) mass is 364 g/mol. The van der Waals surface area contributed by atoms with Gasteiger partial charge in [0.15, 0.2) is 5.65 Å². The molecule has 2 unspecified atom stereocenters.